The van der Waals surface area contributed by atoms with Crippen LogP contribution in [0.25, 0.3) is 0 Å². The van der Waals surface area contributed by atoms with Crippen LogP contribution in [0.5, 0.6) is 11.5 Å². The van der Waals surface area contributed by atoms with Crippen molar-refractivity contribution in [3.05, 3.63) is 53.8 Å². The molecule has 7 nitrogen and oxygen atoms in total. The molecule has 0 unspecified atom stereocenters. The van der Waals surface area contributed by atoms with Gasteiger partial charge in [-0.25, -0.2) is 9.18 Å². The third-order valence-corrected chi connectivity index (χ3v) is 3.68. The van der Waals surface area contributed by atoms with E-state index in [9.17, 15) is 14.0 Å². The van der Waals surface area contributed by atoms with Gasteiger partial charge in [-0.15, -0.1) is 0 Å². The minimum absolute atomic E-state index is 0.00310. The van der Waals surface area contributed by atoms with Gasteiger partial charge in [-0.3, -0.25) is 4.79 Å². The largest absolute Gasteiger partial charge is 0.493 e. The van der Waals surface area contributed by atoms with E-state index in [0.29, 0.717) is 36.7 Å². The third-order valence-electron chi connectivity index (χ3n) is 3.68. The normalized spacial score (nSPS) is 10.0. The summed E-state index contributed by atoms with van der Waals surface area (Å²) in [5, 5.41) is 7.96. The highest BCUT2D eigenvalue weighted by Gasteiger charge is 2.10. The monoisotopic (exact) mass is 375 g/mol. The van der Waals surface area contributed by atoms with Crippen molar-refractivity contribution in [1.29, 1.82) is 0 Å². The highest BCUT2D eigenvalue weighted by atomic mass is 19.1. The van der Waals surface area contributed by atoms with Crippen LogP contribution in [-0.4, -0.2) is 39.2 Å². The summed E-state index contributed by atoms with van der Waals surface area (Å²) >= 11 is 0. The van der Waals surface area contributed by atoms with E-state index in [1.54, 1.807) is 24.3 Å². The van der Waals surface area contributed by atoms with E-state index in [2.05, 4.69) is 16.0 Å². The molecule has 8 heteroatoms. The number of nitrogens with one attached hydrogen (secondary N) is 3. The van der Waals surface area contributed by atoms with E-state index in [1.807, 2.05) is 0 Å². The zero-order valence-corrected chi connectivity index (χ0v) is 15.2. The number of urea groups is 1. The number of anilines is 1. The third kappa shape index (κ3) is 5.88. The lowest BCUT2D eigenvalue weighted by Gasteiger charge is -2.11. The zero-order valence-electron chi connectivity index (χ0n) is 15.2. The Bertz CT molecular complexity index is 798. The Labute approximate surface area is 156 Å². The lowest BCUT2D eigenvalue weighted by atomic mass is 10.2. The van der Waals surface area contributed by atoms with Gasteiger partial charge in [-0.1, -0.05) is 12.1 Å². The SMILES string of the molecule is COc1ccc(NC(=O)NCCCNC(=O)c2ccccc2F)cc1OC. The first-order valence-corrected chi connectivity index (χ1v) is 8.34. The van der Waals surface area contributed by atoms with Crippen LogP contribution in [0.1, 0.15) is 16.8 Å². The van der Waals surface area contributed by atoms with Gasteiger partial charge in [0.25, 0.3) is 5.91 Å². The van der Waals surface area contributed by atoms with Gasteiger partial charge < -0.3 is 25.4 Å². The van der Waals surface area contributed by atoms with Gasteiger partial charge in [-0.05, 0) is 30.7 Å². The average molecular weight is 375 g/mol. The van der Waals surface area contributed by atoms with E-state index in [-0.39, 0.29) is 11.6 Å². The second-order valence-corrected chi connectivity index (χ2v) is 5.54. The fraction of sp³-hybridized carbons (Fsp3) is 0.263. The molecular formula is C19H22FN3O4. The molecule has 144 valence electrons. The topological polar surface area (TPSA) is 88.7 Å². The molecule has 2 aromatic rings. The summed E-state index contributed by atoms with van der Waals surface area (Å²) in [6, 6.07) is 10.4. The van der Waals surface area contributed by atoms with Crippen LogP contribution in [0.2, 0.25) is 0 Å². The molecule has 0 radical (unpaired) electrons. The van der Waals surface area contributed by atoms with Gasteiger partial charge >= 0.3 is 6.03 Å². The minimum Gasteiger partial charge on any atom is -0.493 e. The van der Waals surface area contributed by atoms with Gasteiger partial charge in [0.1, 0.15) is 5.82 Å². The number of amides is 3. The predicted octanol–water partition coefficient (Wildman–Crippen LogP) is 2.78. The van der Waals surface area contributed by atoms with Crippen molar-refractivity contribution in [3.8, 4) is 11.5 Å². The number of halogens is 1. The molecule has 3 amide bonds. The fourth-order valence-corrected chi connectivity index (χ4v) is 2.32. The van der Waals surface area contributed by atoms with Crippen LogP contribution >= 0.6 is 0 Å². The molecule has 0 saturated carbocycles. The summed E-state index contributed by atoms with van der Waals surface area (Å²) in [6.45, 7) is 0.653. The van der Waals surface area contributed by atoms with Gasteiger partial charge in [0.2, 0.25) is 0 Å². The Morgan fingerprint density at radius 1 is 0.963 bits per heavy atom. The van der Waals surface area contributed by atoms with Crippen LogP contribution in [0, 0.1) is 5.82 Å². The molecule has 0 atom stereocenters. The molecular weight excluding hydrogens is 353 g/mol. The Kier molecular flexibility index (Phi) is 7.42. The molecule has 0 aromatic heterocycles. The van der Waals surface area contributed by atoms with E-state index in [1.165, 1.54) is 32.4 Å². The van der Waals surface area contributed by atoms with Crippen LogP contribution in [-0.2, 0) is 0 Å². The number of carbonyl (C=O) groups is 2. The summed E-state index contributed by atoms with van der Waals surface area (Å²) < 4.78 is 23.8. The summed E-state index contributed by atoms with van der Waals surface area (Å²) in [5.74, 6) is 0.0190. The predicted molar refractivity (Wildman–Crippen MR) is 99.9 cm³/mol. The molecule has 2 rings (SSSR count). The molecule has 27 heavy (non-hydrogen) atoms. The molecule has 0 aliphatic rings. The maximum atomic E-state index is 13.5. The van der Waals surface area contributed by atoms with E-state index in [4.69, 9.17) is 9.47 Å². The van der Waals surface area contributed by atoms with E-state index < -0.39 is 11.7 Å². The fourth-order valence-electron chi connectivity index (χ4n) is 2.32. The summed E-state index contributed by atoms with van der Waals surface area (Å²) in [6.07, 6.45) is 0.500. The highest BCUT2D eigenvalue weighted by molar-refractivity contribution is 5.94. The smallest absolute Gasteiger partial charge is 0.319 e. The molecule has 0 saturated heterocycles. The minimum atomic E-state index is -0.567. The number of hydrogen-bond acceptors (Lipinski definition) is 4. The van der Waals surface area contributed by atoms with Crippen molar-refractivity contribution in [1.82, 2.24) is 10.6 Å². The molecule has 0 spiro atoms. The second-order valence-electron chi connectivity index (χ2n) is 5.54. The zero-order chi connectivity index (χ0) is 19.6. The Balaban J connectivity index is 1.71. The lowest BCUT2D eigenvalue weighted by Crippen LogP contribution is -2.32. The van der Waals surface area contributed by atoms with Crippen molar-refractivity contribution in [2.75, 3.05) is 32.6 Å². The number of rotatable bonds is 8. The number of carbonyl (C=O) groups excluding carboxylic acids is 2. The molecule has 2 aromatic carbocycles. The van der Waals surface area contributed by atoms with Crippen molar-refractivity contribution in [3.63, 3.8) is 0 Å². The van der Waals surface area contributed by atoms with Crippen molar-refractivity contribution < 1.29 is 23.5 Å². The second kappa shape index (κ2) is 10.0. The van der Waals surface area contributed by atoms with E-state index >= 15 is 0 Å². The number of benzene rings is 2. The molecule has 0 heterocycles. The summed E-state index contributed by atoms with van der Waals surface area (Å²) in [7, 11) is 3.04. The molecule has 3 N–H and O–H groups in total. The molecule has 0 aliphatic carbocycles. The first-order valence-electron chi connectivity index (χ1n) is 8.34. The lowest BCUT2D eigenvalue weighted by molar-refractivity contribution is 0.0949. The van der Waals surface area contributed by atoms with Crippen molar-refractivity contribution in [2.45, 2.75) is 6.42 Å². The Hall–Kier alpha value is -3.29. The van der Waals surface area contributed by atoms with Crippen LogP contribution in [0.3, 0.4) is 0 Å². The highest BCUT2D eigenvalue weighted by Crippen LogP contribution is 2.29. The first kappa shape index (κ1) is 20.0. The van der Waals surface area contributed by atoms with Crippen molar-refractivity contribution >= 4 is 17.6 Å². The van der Waals surface area contributed by atoms with E-state index in [0.717, 1.165) is 0 Å². The number of hydrogen-bond donors (Lipinski definition) is 3. The first-order chi connectivity index (χ1) is 13.0. The van der Waals surface area contributed by atoms with Gasteiger partial charge in [-0.2, -0.15) is 0 Å². The maximum Gasteiger partial charge on any atom is 0.319 e. The van der Waals surface area contributed by atoms with Gasteiger partial charge in [0.15, 0.2) is 11.5 Å². The quantitative estimate of drug-likeness (QED) is 0.619. The van der Waals surface area contributed by atoms with Crippen molar-refractivity contribution in [2.24, 2.45) is 0 Å². The standard InChI is InChI=1S/C19H22FN3O4/c1-26-16-9-8-13(12-17(16)27-2)23-19(25)22-11-5-10-21-18(24)14-6-3-4-7-15(14)20/h3-4,6-9,12H,5,10-11H2,1-2H3,(H,21,24)(H2,22,23,25). The number of ether oxygens (including phenoxy) is 2. The molecule has 0 bridgehead atoms. The van der Waals surface area contributed by atoms with Crippen LogP contribution < -0.4 is 25.4 Å². The molecule has 0 aliphatic heterocycles. The van der Waals surface area contributed by atoms with Crippen LogP contribution in [0.4, 0.5) is 14.9 Å². The Morgan fingerprint density at radius 3 is 2.37 bits per heavy atom. The van der Waals surface area contributed by atoms with Gasteiger partial charge in [0.05, 0.1) is 19.8 Å². The van der Waals surface area contributed by atoms with Gasteiger partial charge in [0, 0.05) is 24.8 Å². The van der Waals surface area contributed by atoms with Crippen LogP contribution in [0.15, 0.2) is 42.5 Å². The number of methoxy groups -OCH3 is 2. The Morgan fingerprint density at radius 2 is 1.67 bits per heavy atom. The summed E-state index contributed by atoms with van der Waals surface area (Å²) in [5.41, 5.74) is 0.551. The summed E-state index contributed by atoms with van der Waals surface area (Å²) in [4.78, 5) is 23.7. The maximum absolute atomic E-state index is 13.5. The average Bonchev–Trinajstić information content (AvgIpc) is 2.67. The molecule has 0 fully saturated rings.